The summed E-state index contributed by atoms with van der Waals surface area (Å²) in [7, 11) is 0. The summed E-state index contributed by atoms with van der Waals surface area (Å²) in [5, 5.41) is 0. The molecule has 1 atom stereocenters. The molecule has 0 heterocycles. The Bertz CT molecular complexity index is 1660. The van der Waals surface area contributed by atoms with Crippen LogP contribution in [-0.4, -0.2) is 37.2 Å². The SMILES string of the molecule is CC/C=C\C/C=C\C/C=C\C/C=C\C/C=C\C/C=C\C/C=C\C/C=C\CCCCC(=O)OCC(COC(=O)CCCCC/C=C\C/C=C\C/C=C\CC)OC(=O)CCCCCCC/C=C\C/C=C\CCCC. The van der Waals surface area contributed by atoms with Crippen LogP contribution in [-0.2, 0) is 28.6 Å². The van der Waals surface area contributed by atoms with Gasteiger partial charge in [-0.2, -0.15) is 0 Å². The molecule has 1 unspecified atom stereocenters. The molecule has 0 aromatic rings. The monoisotopic (exact) mass is 991 g/mol. The molecule has 72 heavy (non-hydrogen) atoms. The molecule has 6 heteroatoms. The van der Waals surface area contributed by atoms with Gasteiger partial charge in [0.05, 0.1) is 0 Å². The van der Waals surface area contributed by atoms with Crippen LogP contribution in [0, 0.1) is 0 Å². The number of rotatable bonds is 49. The smallest absolute Gasteiger partial charge is 0.306 e. The molecule has 0 aliphatic rings. The molecule has 402 valence electrons. The molecule has 6 nitrogen and oxygen atoms in total. The molecule has 0 N–H and O–H groups in total. The third-order valence-electron chi connectivity index (χ3n) is 11.2. The van der Waals surface area contributed by atoms with E-state index in [1.54, 1.807) is 0 Å². The van der Waals surface area contributed by atoms with Crippen molar-refractivity contribution in [1.29, 1.82) is 0 Å². The standard InChI is InChI=1S/C66H102O6/c1-4-7-10-13-16-19-22-25-27-28-29-30-31-32-33-34-35-36-37-38-39-42-44-47-50-53-56-59-65(68)71-62-63(61-70-64(67)58-55-52-49-46-43-40-24-21-18-15-12-9-6-3)72-66(69)60-57-54-51-48-45-41-26-23-20-17-14-11-8-5-2/h7,9-10,12,14,16-19,21,23,25-27,29-30,32-33,35-36,38-40,43-44,47,63H,4-6,8,11,13,15,20,22,24,28,31,34,37,41-42,45-46,48-62H2,1-3H3/b10-7-,12-9-,17-14-,19-16-,21-18-,26-23-,27-25-,30-29-,33-32-,36-35-,39-38-,43-40-,47-44-. The van der Waals surface area contributed by atoms with Gasteiger partial charge in [0.25, 0.3) is 0 Å². The number of hydrogen-bond donors (Lipinski definition) is 0. The van der Waals surface area contributed by atoms with Crippen molar-refractivity contribution in [3.8, 4) is 0 Å². The van der Waals surface area contributed by atoms with Gasteiger partial charge in [-0.15, -0.1) is 0 Å². The number of ether oxygens (including phenoxy) is 3. The first kappa shape index (κ1) is 67.0. The molecule has 0 saturated carbocycles. The van der Waals surface area contributed by atoms with Crippen molar-refractivity contribution in [2.75, 3.05) is 13.2 Å². The summed E-state index contributed by atoms with van der Waals surface area (Å²) in [4.78, 5) is 38.1. The van der Waals surface area contributed by atoms with E-state index in [1.165, 1.54) is 19.3 Å². The van der Waals surface area contributed by atoms with Crippen LogP contribution in [0.5, 0.6) is 0 Å². The van der Waals surface area contributed by atoms with Gasteiger partial charge in [-0.05, 0) is 141 Å². The molecule has 0 radical (unpaired) electrons. The minimum atomic E-state index is -0.823. The molecule has 0 amide bonds. The van der Waals surface area contributed by atoms with Crippen LogP contribution in [0.1, 0.15) is 220 Å². The zero-order chi connectivity index (χ0) is 52.2. The van der Waals surface area contributed by atoms with Crippen LogP contribution < -0.4 is 0 Å². The Morgan fingerprint density at radius 1 is 0.292 bits per heavy atom. The summed E-state index contributed by atoms with van der Waals surface area (Å²) in [6, 6.07) is 0. The number of unbranched alkanes of at least 4 members (excludes halogenated alkanes) is 12. The first-order valence-corrected chi connectivity index (χ1v) is 28.5. The highest BCUT2D eigenvalue weighted by atomic mass is 16.6. The maximum atomic E-state index is 12.8. The van der Waals surface area contributed by atoms with Crippen LogP contribution in [0.25, 0.3) is 0 Å². The lowest BCUT2D eigenvalue weighted by Gasteiger charge is -2.18. The second kappa shape index (κ2) is 58.6. The van der Waals surface area contributed by atoms with Gasteiger partial charge in [0, 0.05) is 19.3 Å². The van der Waals surface area contributed by atoms with Gasteiger partial charge < -0.3 is 14.2 Å². The third-order valence-corrected chi connectivity index (χ3v) is 11.2. The van der Waals surface area contributed by atoms with E-state index in [0.717, 1.165) is 154 Å². The summed E-state index contributed by atoms with van der Waals surface area (Å²) in [6.07, 6.45) is 85.2. The Labute approximate surface area is 441 Å². The van der Waals surface area contributed by atoms with Crippen LogP contribution in [0.4, 0.5) is 0 Å². The van der Waals surface area contributed by atoms with Gasteiger partial charge in [0.1, 0.15) is 13.2 Å². The Hall–Kier alpha value is -4.97. The topological polar surface area (TPSA) is 78.9 Å². The maximum absolute atomic E-state index is 12.8. The molecule has 0 fully saturated rings. The Morgan fingerprint density at radius 3 is 0.889 bits per heavy atom. The zero-order valence-corrected chi connectivity index (χ0v) is 45.9. The van der Waals surface area contributed by atoms with Gasteiger partial charge in [-0.25, -0.2) is 0 Å². The fraction of sp³-hybridized carbons (Fsp3) is 0.561. The predicted molar refractivity (Wildman–Crippen MR) is 311 cm³/mol. The second-order valence-corrected chi connectivity index (χ2v) is 18.1. The fourth-order valence-corrected chi connectivity index (χ4v) is 7.02. The van der Waals surface area contributed by atoms with Gasteiger partial charge in [0.2, 0.25) is 0 Å². The summed E-state index contributed by atoms with van der Waals surface area (Å²) in [5.74, 6) is -1.02. The molecule has 0 aliphatic heterocycles. The molecule has 0 saturated heterocycles. The van der Waals surface area contributed by atoms with Crippen molar-refractivity contribution in [3.63, 3.8) is 0 Å². The van der Waals surface area contributed by atoms with E-state index < -0.39 is 6.10 Å². The summed E-state index contributed by atoms with van der Waals surface area (Å²) in [6.45, 7) is 6.27. The number of allylic oxidation sites excluding steroid dienone is 26. The van der Waals surface area contributed by atoms with E-state index in [9.17, 15) is 14.4 Å². The second-order valence-electron chi connectivity index (χ2n) is 18.1. The minimum absolute atomic E-state index is 0.120. The minimum Gasteiger partial charge on any atom is -0.462 e. The van der Waals surface area contributed by atoms with Crippen molar-refractivity contribution in [3.05, 3.63) is 158 Å². The van der Waals surface area contributed by atoms with Crippen LogP contribution in [0.3, 0.4) is 0 Å². The fourth-order valence-electron chi connectivity index (χ4n) is 7.02. The summed E-state index contributed by atoms with van der Waals surface area (Å²) in [5.41, 5.74) is 0. The third kappa shape index (κ3) is 56.0. The van der Waals surface area contributed by atoms with Gasteiger partial charge >= 0.3 is 17.9 Å². The average molecular weight is 992 g/mol. The number of hydrogen-bond acceptors (Lipinski definition) is 6. The van der Waals surface area contributed by atoms with E-state index in [0.29, 0.717) is 12.8 Å². The van der Waals surface area contributed by atoms with Gasteiger partial charge in [0.15, 0.2) is 6.10 Å². The normalized spacial score (nSPS) is 13.3. The van der Waals surface area contributed by atoms with Crippen LogP contribution >= 0.6 is 0 Å². The predicted octanol–water partition coefficient (Wildman–Crippen LogP) is 19.4. The first-order chi connectivity index (χ1) is 35.5. The quantitative estimate of drug-likeness (QED) is 0.0262. The van der Waals surface area contributed by atoms with E-state index in [-0.39, 0.29) is 44.0 Å². The van der Waals surface area contributed by atoms with Crippen molar-refractivity contribution < 1.29 is 28.6 Å². The number of carbonyl (C=O) groups excluding carboxylic acids is 3. The largest absolute Gasteiger partial charge is 0.462 e. The molecule has 0 rings (SSSR count). The Balaban J connectivity index is 4.48. The molecule has 0 spiro atoms. The zero-order valence-electron chi connectivity index (χ0n) is 45.9. The average Bonchev–Trinajstić information content (AvgIpc) is 3.38. The molecular weight excluding hydrogens is 889 g/mol. The van der Waals surface area contributed by atoms with Gasteiger partial charge in [-0.1, -0.05) is 217 Å². The van der Waals surface area contributed by atoms with Crippen molar-refractivity contribution in [2.24, 2.45) is 0 Å². The van der Waals surface area contributed by atoms with Crippen molar-refractivity contribution in [2.45, 2.75) is 226 Å². The highest BCUT2D eigenvalue weighted by molar-refractivity contribution is 5.71. The van der Waals surface area contributed by atoms with Gasteiger partial charge in [-0.3, -0.25) is 14.4 Å². The number of carbonyl (C=O) groups is 3. The summed E-state index contributed by atoms with van der Waals surface area (Å²) < 4.78 is 16.8. The van der Waals surface area contributed by atoms with E-state index in [2.05, 4.69) is 179 Å². The maximum Gasteiger partial charge on any atom is 0.306 e. The molecular formula is C66H102O6. The Kier molecular flexibility index (Phi) is 54.6. The van der Waals surface area contributed by atoms with Crippen LogP contribution in [0.2, 0.25) is 0 Å². The number of esters is 3. The highest BCUT2D eigenvalue weighted by Gasteiger charge is 2.19. The Morgan fingerprint density at radius 2 is 0.542 bits per heavy atom. The highest BCUT2D eigenvalue weighted by Crippen LogP contribution is 2.12. The molecule has 0 aromatic carbocycles. The van der Waals surface area contributed by atoms with E-state index in [1.807, 2.05) is 0 Å². The molecule has 0 aromatic heterocycles. The van der Waals surface area contributed by atoms with E-state index >= 15 is 0 Å². The van der Waals surface area contributed by atoms with Crippen molar-refractivity contribution >= 4 is 17.9 Å². The first-order valence-electron chi connectivity index (χ1n) is 28.5. The lowest BCUT2D eigenvalue weighted by atomic mass is 10.1. The van der Waals surface area contributed by atoms with Crippen molar-refractivity contribution in [1.82, 2.24) is 0 Å². The lowest BCUT2D eigenvalue weighted by molar-refractivity contribution is -0.167. The summed E-state index contributed by atoms with van der Waals surface area (Å²) >= 11 is 0. The van der Waals surface area contributed by atoms with E-state index in [4.69, 9.17) is 14.2 Å². The molecule has 0 bridgehead atoms. The van der Waals surface area contributed by atoms with Crippen LogP contribution in [0.15, 0.2) is 158 Å². The molecule has 0 aliphatic carbocycles. The lowest BCUT2D eigenvalue weighted by Crippen LogP contribution is -2.30.